The van der Waals surface area contributed by atoms with E-state index in [4.69, 9.17) is 0 Å². The Bertz CT molecular complexity index is 792. The van der Waals surface area contributed by atoms with E-state index in [0.717, 1.165) is 6.42 Å². The molecule has 0 fully saturated rings. The maximum atomic E-state index is 13.9. The number of ether oxygens (including phenoxy) is 1. The summed E-state index contributed by atoms with van der Waals surface area (Å²) in [6, 6.07) is 9.31. The van der Waals surface area contributed by atoms with Crippen LogP contribution in [0, 0.1) is 11.6 Å². The number of benzene rings is 2. The van der Waals surface area contributed by atoms with Crippen LogP contribution in [-0.2, 0) is 0 Å². The van der Waals surface area contributed by atoms with E-state index in [0.29, 0.717) is 23.2 Å². The Labute approximate surface area is 145 Å². The van der Waals surface area contributed by atoms with Crippen molar-refractivity contribution in [2.75, 3.05) is 13.7 Å². The zero-order chi connectivity index (χ0) is 18.0. The van der Waals surface area contributed by atoms with Crippen LogP contribution in [0.5, 0.6) is 5.75 Å². The lowest BCUT2D eigenvalue weighted by Gasteiger charge is -2.23. The second-order valence-electron chi connectivity index (χ2n) is 5.91. The third-order valence-corrected chi connectivity index (χ3v) is 4.41. The predicted octanol–water partition coefficient (Wildman–Crippen LogP) is 4.43. The highest BCUT2D eigenvalue weighted by Gasteiger charge is 2.24. The van der Waals surface area contributed by atoms with E-state index in [-0.39, 0.29) is 11.9 Å². The first-order chi connectivity index (χ1) is 12.0. The van der Waals surface area contributed by atoms with Crippen molar-refractivity contribution in [1.29, 1.82) is 0 Å². The van der Waals surface area contributed by atoms with Gasteiger partial charge in [-0.1, -0.05) is 31.2 Å². The molecule has 1 heterocycles. The standard InChI is InChI=1S/C20H19F2NO2/c1-3-16-5-4-10-23(16)20(24)14-8-6-13(7-9-14)15-11-17(21)19(25-2)18(22)12-15/h4-9,11-12,16H,3,10H2,1-2H3/t16-/m1/s1. The van der Waals surface area contributed by atoms with Gasteiger partial charge in [-0.05, 0) is 41.8 Å². The Hall–Kier alpha value is -2.69. The third kappa shape index (κ3) is 3.27. The van der Waals surface area contributed by atoms with Crippen LogP contribution in [-0.4, -0.2) is 30.5 Å². The molecule has 0 aromatic heterocycles. The Balaban J connectivity index is 1.84. The zero-order valence-electron chi connectivity index (χ0n) is 14.1. The second-order valence-corrected chi connectivity index (χ2v) is 5.91. The molecular weight excluding hydrogens is 324 g/mol. The average Bonchev–Trinajstić information content (AvgIpc) is 3.09. The van der Waals surface area contributed by atoms with Crippen LogP contribution in [0.15, 0.2) is 48.6 Å². The van der Waals surface area contributed by atoms with Gasteiger partial charge in [0.25, 0.3) is 5.91 Å². The van der Waals surface area contributed by atoms with Crippen LogP contribution in [0.1, 0.15) is 23.7 Å². The van der Waals surface area contributed by atoms with Crippen molar-refractivity contribution >= 4 is 5.91 Å². The van der Waals surface area contributed by atoms with Gasteiger partial charge in [-0.15, -0.1) is 0 Å². The molecule has 0 radical (unpaired) electrons. The molecule has 2 aromatic rings. The quantitative estimate of drug-likeness (QED) is 0.769. The van der Waals surface area contributed by atoms with Crippen molar-refractivity contribution in [2.45, 2.75) is 19.4 Å². The summed E-state index contributed by atoms with van der Waals surface area (Å²) in [7, 11) is 1.22. The fourth-order valence-electron chi connectivity index (χ4n) is 3.05. The zero-order valence-corrected chi connectivity index (χ0v) is 14.1. The van der Waals surface area contributed by atoms with Gasteiger partial charge in [0.05, 0.1) is 13.2 Å². The largest absolute Gasteiger partial charge is 0.491 e. The Morgan fingerprint density at radius 2 is 1.80 bits per heavy atom. The SMILES string of the molecule is CC[C@@H]1C=CCN1C(=O)c1ccc(-c2cc(F)c(OC)c(F)c2)cc1. The van der Waals surface area contributed by atoms with Gasteiger partial charge in [0, 0.05) is 12.1 Å². The highest BCUT2D eigenvalue weighted by molar-refractivity contribution is 5.95. The topological polar surface area (TPSA) is 29.5 Å². The number of carbonyl (C=O) groups excluding carboxylic acids is 1. The summed E-state index contributed by atoms with van der Waals surface area (Å²) < 4.78 is 32.4. The highest BCUT2D eigenvalue weighted by Crippen LogP contribution is 2.29. The molecule has 1 aliphatic rings. The van der Waals surface area contributed by atoms with Crippen LogP contribution in [0.3, 0.4) is 0 Å². The average molecular weight is 343 g/mol. The summed E-state index contributed by atoms with van der Waals surface area (Å²) in [5.74, 6) is -1.96. The van der Waals surface area contributed by atoms with Crippen LogP contribution in [0.2, 0.25) is 0 Å². The number of amides is 1. The molecule has 0 N–H and O–H groups in total. The molecule has 0 saturated carbocycles. The maximum absolute atomic E-state index is 13.9. The van der Waals surface area contributed by atoms with Crippen LogP contribution < -0.4 is 4.74 Å². The lowest BCUT2D eigenvalue weighted by atomic mass is 10.0. The summed E-state index contributed by atoms with van der Waals surface area (Å²) in [6.07, 6.45) is 4.89. The molecule has 0 aliphatic carbocycles. The molecule has 3 rings (SSSR count). The van der Waals surface area contributed by atoms with Gasteiger partial charge in [-0.25, -0.2) is 8.78 Å². The molecule has 0 unspecified atom stereocenters. The molecule has 0 bridgehead atoms. The van der Waals surface area contributed by atoms with Crippen molar-refractivity contribution in [3.63, 3.8) is 0 Å². The van der Waals surface area contributed by atoms with E-state index in [1.807, 2.05) is 24.0 Å². The number of carbonyl (C=O) groups is 1. The third-order valence-electron chi connectivity index (χ3n) is 4.41. The van der Waals surface area contributed by atoms with Gasteiger partial charge in [0.2, 0.25) is 0 Å². The lowest BCUT2D eigenvalue weighted by molar-refractivity contribution is 0.0747. The van der Waals surface area contributed by atoms with Crippen molar-refractivity contribution in [1.82, 2.24) is 4.90 Å². The summed E-state index contributed by atoms with van der Waals surface area (Å²) >= 11 is 0. The van der Waals surface area contributed by atoms with E-state index < -0.39 is 17.4 Å². The van der Waals surface area contributed by atoms with Gasteiger partial charge in [-0.2, -0.15) is 0 Å². The van der Waals surface area contributed by atoms with E-state index in [9.17, 15) is 13.6 Å². The molecule has 130 valence electrons. The molecule has 0 spiro atoms. The van der Waals surface area contributed by atoms with Crippen molar-refractivity contribution in [3.8, 4) is 16.9 Å². The first kappa shape index (κ1) is 17.1. The minimum absolute atomic E-state index is 0.0458. The van der Waals surface area contributed by atoms with E-state index in [1.54, 1.807) is 24.3 Å². The van der Waals surface area contributed by atoms with E-state index in [1.165, 1.54) is 19.2 Å². The minimum atomic E-state index is -0.758. The number of hydrogen-bond acceptors (Lipinski definition) is 2. The monoisotopic (exact) mass is 343 g/mol. The fourth-order valence-corrected chi connectivity index (χ4v) is 3.05. The van der Waals surface area contributed by atoms with E-state index in [2.05, 4.69) is 4.74 Å². The molecule has 5 heteroatoms. The molecule has 0 saturated heterocycles. The fraction of sp³-hybridized carbons (Fsp3) is 0.250. The molecule has 1 amide bonds. The first-order valence-electron chi connectivity index (χ1n) is 8.16. The van der Waals surface area contributed by atoms with Crippen LogP contribution >= 0.6 is 0 Å². The number of hydrogen-bond donors (Lipinski definition) is 0. The number of halogens is 2. The van der Waals surface area contributed by atoms with Crippen LogP contribution in [0.25, 0.3) is 11.1 Å². The predicted molar refractivity (Wildman–Crippen MR) is 92.6 cm³/mol. The molecule has 1 aliphatic heterocycles. The van der Waals surface area contributed by atoms with Crippen molar-refractivity contribution in [2.24, 2.45) is 0 Å². The number of nitrogens with zero attached hydrogens (tertiary/aromatic N) is 1. The van der Waals surface area contributed by atoms with E-state index >= 15 is 0 Å². The molecular formula is C20H19F2NO2. The Morgan fingerprint density at radius 3 is 2.36 bits per heavy atom. The molecule has 2 aromatic carbocycles. The van der Waals surface area contributed by atoms with Crippen molar-refractivity contribution in [3.05, 3.63) is 65.7 Å². The molecule has 1 atom stereocenters. The van der Waals surface area contributed by atoms with Gasteiger partial charge in [-0.3, -0.25) is 4.79 Å². The van der Waals surface area contributed by atoms with Crippen LogP contribution in [0.4, 0.5) is 8.78 Å². The first-order valence-corrected chi connectivity index (χ1v) is 8.16. The molecule has 3 nitrogen and oxygen atoms in total. The summed E-state index contributed by atoms with van der Waals surface area (Å²) in [6.45, 7) is 2.64. The Morgan fingerprint density at radius 1 is 1.16 bits per heavy atom. The van der Waals surface area contributed by atoms with Gasteiger partial charge < -0.3 is 9.64 Å². The lowest BCUT2D eigenvalue weighted by Crippen LogP contribution is -2.35. The normalized spacial score (nSPS) is 16.3. The summed E-state index contributed by atoms with van der Waals surface area (Å²) in [5, 5.41) is 0. The minimum Gasteiger partial charge on any atom is -0.491 e. The van der Waals surface area contributed by atoms with Gasteiger partial charge in [0.1, 0.15) is 0 Å². The summed E-state index contributed by atoms with van der Waals surface area (Å²) in [4.78, 5) is 14.4. The van der Waals surface area contributed by atoms with Crippen molar-refractivity contribution < 1.29 is 18.3 Å². The van der Waals surface area contributed by atoms with Gasteiger partial charge in [0.15, 0.2) is 17.4 Å². The second kappa shape index (κ2) is 7.05. The highest BCUT2D eigenvalue weighted by atomic mass is 19.1. The van der Waals surface area contributed by atoms with Gasteiger partial charge >= 0.3 is 0 Å². The smallest absolute Gasteiger partial charge is 0.254 e. The summed E-state index contributed by atoms with van der Waals surface area (Å²) in [5.41, 5.74) is 1.58. The maximum Gasteiger partial charge on any atom is 0.254 e. The molecule has 25 heavy (non-hydrogen) atoms. The number of methoxy groups -OCH3 is 1. The Kier molecular flexibility index (Phi) is 4.83. The number of rotatable bonds is 4.